The van der Waals surface area contributed by atoms with E-state index in [4.69, 9.17) is 20.4 Å². The van der Waals surface area contributed by atoms with Gasteiger partial charge >= 0.3 is 0 Å². The first-order valence-electron chi connectivity index (χ1n) is 5.93. The number of methoxy groups -OCH3 is 1. The van der Waals surface area contributed by atoms with Crippen LogP contribution in [0.5, 0.6) is 17.4 Å². The van der Waals surface area contributed by atoms with E-state index in [2.05, 4.69) is 15.4 Å². The number of hydrazine groups is 1. The monoisotopic (exact) mass is 276 g/mol. The molecule has 2 aromatic rings. The molecule has 7 nitrogen and oxygen atoms in total. The van der Waals surface area contributed by atoms with Crippen molar-refractivity contribution in [3.8, 4) is 17.4 Å². The van der Waals surface area contributed by atoms with Crippen molar-refractivity contribution in [3.05, 3.63) is 35.7 Å². The molecule has 1 aromatic heterocycles. The van der Waals surface area contributed by atoms with Gasteiger partial charge in [0.1, 0.15) is 12.1 Å². The molecule has 0 fully saturated rings. The predicted molar refractivity (Wildman–Crippen MR) is 73.6 cm³/mol. The minimum atomic E-state index is -0.0651. The lowest BCUT2D eigenvalue weighted by molar-refractivity contribution is 0.280. The maximum Gasteiger partial charge on any atom is 0.227 e. The number of nitrogens with two attached hydrogens (primary N) is 1. The largest absolute Gasteiger partial charge is 0.493 e. The third-order valence-electron chi connectivity index (χ3n) is 2.79. The highest BCUT2D eigenvalue weighted by Crippen LogP contribution is 2.33. The Labute approximate surface area is 116 Å². The molecule has 0 aliphatic rings. The van der Waals surface area contributed by atoms with Crippen LogP contribution < -0.4 is 20.7 Å². The molecule has 1 heterocycles. The molecule has 0 atom stereocenters. The van der Waals surface area contributed by atoms with E-state index in [9.17, 15) is 0 Å². The molecular weight excluding hydrogens is 260 g/mol. The number of hydrogen-bond acceptors (Lipinski definition) is 7. The molecule has 2 rings (SSSR count). The van der Waals surface area contributed by atoms with Crippen LogP contribution in [0.1, 0.15) is 11.1 Å². The summed E-state index contributed by atoms with van der Waals surface area (Å²) in [5.74, 6) is 7.23. The van der Waals surface area contributed by atoms with Crippen LogP contribution in [0.4, 0.5) is 5.82 Å². The summed E-state index contributed by atoms with van der Waals surface area (Å²) in [7, 11) is 1.53. The zero-order valence-corrected chi connectivity index (χ0v) is 11.3. The maximum atomic E-state index is 9.11. The Morgan fingerprint density at radius 2 is 2.10 bits per heavy atom. The molecule has 1 aromatic carbocycles. The van der Waals surface area contributed by atoms with Gasteiger partial charge in [-0.3, -0.25) is 0 Å². The second-order valence-electron chi connectivity index (χ2n) is 4.04. The highest BCUT2D eigenvalue weighted by Gasteiger charge is 2.12. The Balaban J connectivity index is 2.35. The molecule has 0 radical (unpaired) electrons. The quantitative estimate of drug-likeness (QED) is 0.559. The fraction of sp³-hybridized carbons (Fsp3) is 0.231. The number of anilines is 1. The second kappa shape index (κ2) is 6.18. The number of aromatic nitrogens is 2. The van der Waals surface area contributed by atoms with Crippen molar-refractivity contribution in [2.75, 3.05) is 12.5 Å². The maximum absolute atomic E-state index is 9.11. The Morgan fingerprint density at radius 3 is 2.75 bits per heavy atom. The summed E-state index contributed by atoms with van der Waals surface area (Å²) >= 11 is 0. The fourth-order valence-corrected chi connectivity index (χ4v) is 1.68. The lowest BCUT2D eigenvalue weighted by Gasteiger charge is -2.13. The minimum Gasteiger partial charge on any atom is -0.493 e. The van der Waals surface area contributed by atoms with Gasteiger partial charge in [-0.1, -0.05) is 6.07 Å². The summed E-state index contributed by atoms with van der Waals surface area (Å²) in [6.07, 6.45) is 1.35. The molecule has 0 aliphatic carbocycles. The van der Waals surface area contributed by atoms with Gasteiger partial charge in [0.15, 0.2) is 11.5 Å². The van der Waals surface area contributed by atoms with Crippen LogP contribution in [0.3, 0.4) is 0 Å². The van der Waals surface area contributed by atoms with Gasteiger partial charge in [0.2, 0.25) is 5.88 Å². The number of rotatable bonds is 5. The van der Waals surface area contributed by atoms with Gasteiger partial charge in [-0.2, -0.15) is 0 Å². The van der Waals surface area contributed by atoms with E-state index in [1.165, 1.54) is 13.4 Å². The minimum absolute atomic E-state index is 0.0651. The van der Waals surface area contributed by atoms with E-state index in [1.54, 1.807) is 25.1 Å². The summed E-state index contributed by atoms with van der Waals surface area (Å²) in [4.78, 5) is 8.04. The SMILES string of the molecule is COc1cc(CO)ccc1Oc1ncnc(NN)c1C. The molecule has 0 bridgehead atoms. The van der Waals surface area contributed by atoms with Crippen molar-refractivity contribution in [2.45, 2.75) is 13.5 Å². The Bertz CT molecular complexity index is 604. The van der Waals surface area contributed by atoms with Crippen LogP contribution in [-0.2, 0) is 6.61 Å². The topological polar surface area (TPSA) is 103 Å². The first kappa shape index (κ1) is 14.0. The molecule has 106 valence electrons. The zero-order valence-electron chi connectivity index (χ0n) is 11.3. The van der Waals surface area contributed by atoms with Crippen LogP contribution in [0.2, 0.25) is 0 Å². The summed E-state index contributed by atoms with van der Waals surface area (Å²) in [6.45, 7) is 1.73. The Hall–Kier alpha value is -2.38. The van der Waals surface area contributed by atoms with Crippen molar-refractivity contribution in [3.63, 3.8) is 0 Å². The van der Waals surface area contributed by atoms with Crippen molar-refractivity contribution >= 4 is 5.82 Å². The van der Waals surface area contributed by atoms with Crippen molar-refractivity contribution in [2.24, 2.45) is 5.84 Å². The third kappa shape index (κ3) is 2.79. The van der Waals surface area contributed by atoms with E-state index < -0.39 is 0 Å². The first-order valence-corrected chi connectivity index (χ1v) is 5.93. The van der Waals surface area contributed by atoms with Crippen LogP contribution in [-0.4, -0.2) is 22.2 Å². The van der Waals surface area contributed by atoms with Gasteiger partial charge in [-0.05, 0) is 24.6 Å². The average Bonchev–Trinajstić information content (AvgIpc) is 2.49. The molecule has 0 unspecified atom stereocenters. The number of aliphatic hydroxyl groups excluding tert-OH is 1. The smallest absolute Gasteiger partial charge is 0.227 e. The van der Waals surface area contributed by atoms with Crippen LogP contribution in [0, 0.1) is 6.92 Å². The lowest BCUT2D eigenvalue weighted by Crippen LogP contribution is -2.11. The van der Waals surface area contributed by atoms with Crippen molar-refractivity contribution < 1.29 is 14.6 Å². The van der Waals surface area contributed by atoms with E-state index in [0.717, 1.165) is 5.56 Å². The molecule has 0 saturated carbocycles. The van der Waals surface area contributed by atoms with Gasteiger partial charge in [0.25, 0.3) is 0 Å². The van der Waals surface area contributed by atoms with Gasteiger partial charge in [0, 0.05) is 0 Å². The van der Waals surface area contributed by atoms with E-state index >= 15 is 0 Å². The number of aliphatic hydroxyl groups is 1. The first-order chi connectivity index (χ1) is 9.69. The van der Waals surface area contributed by atoms with Crippen molar-refractivity contribution in [1.29, 1.82) is 0 Å². The molecule has 0 aliphatic heterocycles. The van der Waals surface area contributed by atoms with Gasteiger partial charge in [0.05, 0.1) is 19.3 Å². The van der Waals surface area contributed by atoms with Gasteiger partial charge in [-0.25, -0.2) is 15.8 Å². The second-order valence-corrected chi connectivity index (χ2v) is 4.04. The number of ether oxygens (including phenoxy) is 2. The van der Waals surface area contributed by atoms with Gasteiger partial charge in [-0.15, -0.1) is 0 Å². The summed E-state index contributed by atoms with van der Waals surface area (Å²) in [5.41, 5.74) is 3.89. The van der Waals surface area contributed by atoms with E-state index in [-0.39, 0.29) is 6.61 Å². The van der Waals surface area contributed by atoms with Crippen LogP contribution in [0.15, 0.2) is 24.5 Å². The lowest BCUT2D eigenvalue weighted by atomic mass is 10.2. The standard InChI is InChI=1S/C13H16N4O3/c1-8-12(17-14)15-7-16-13(8)20-10-4-3-9(6-18)5-11(10)19-2/h3-5,7,18H,6,14H2,1-2H3,(H,15,16,17). The predicted octanol–water partition coefficient (Wildman–Crippen LogP) is 1.36. The normalized spacial score (nSPS) is 10.2. The number of nitrogen functional groups attached to an aromatic ring is 1. The summed E-state index contributed by atoms with van der Waals surface area (Å²) in [5, 5.41) is 9.11. The summed E-state index contributed by atoms with van der Waals surface area (Å²) < 4.78 is 11.0. The fourth-order valence-electron chi connectivity index (χ4n) is 1.68. The highest BCUT2D eigenvalue weighted by molar-refractivity contribution is 5.50. The molecule has 4 N–H and O–H groups in total. The molecule has 0 spiro atoms. The third-order valence-corrected chi connectivity index (χ3v) is 2.79. The van der Waals surface area contributed by atoms with Gasteiger partial charge < -0.3 is 20.0 Å². The molecule has 0 saturated heterocycles. The number of nitrogens with zero attached hydrogens (tertiary/aromatic N) is 2. The highest BCUT2D eigenvalue weighted by atomic mass is 16.5. The Kier molecular flexibility index (Phi) is 4.34. The number of hydrogen-bond donors (Lipinski definition) is 3. The average molecular weight is 276 g/mol. The van der Waals surface area contributed by atoms with E-state index in [1.807, 2.05) is 0 Å². The molecule has 20 heavy (non-hydrogen) atoms. The zero-order chi connectivity index (χ0) is 14.5. The van der Waals surface area contributed by atoms with E-state index in [0.29, 0.717) is 28.8 Å². The molecular formula is C13H16N4O3. The molecule has 0 amide bonds. The number of benzene rings is 1. The van der Waals surface area contributed by atoms with Crippen LogP contribution in [0.25, 0.3) is 0 Å². The molecule has 7 heteroatoms. The number of nitrogens with one attached hydrogen (secondary N) is 1. The summed E-state index contributed by atoms with van der Waals surface area (Å²) in [6, 6.07) is 5.16. The van der Waals surface area contributed by atoms with Crippen molar-refractivity contribution in [1.82, 2.24) is 9.97 Å². The Morgan fingerprint density at radius 1 is 1.30 bits per heavy atom. The van der Waals surface area contributed by atoms with Crippen LogP contribution >= 0.6 is 0 Å².